The second kappa shape index (κ2) is 7.72. The molecular weight excluding hydrogens is 358 g/mol. The molecule has 1 N–H and O–H groups in total. The second-order valence-electron chi connectivity index (χ2n) is 5.47. The van der Waals surface area contributed by atoms with Crippen molar-refractivity contribution < 1.29 is 9.21 Å². The van der Waals surface area contributed by atoms with E-state index < -0.39 is 5.25 Å². The quantitative estimate of drug-likeness (QED) is 0.649. The van der Waals surface area contributed by atoms with Crippen LogP contribution in [0.15, 0.2) is 58.2 Å². The minimum atomic E-state index is -0.414. The number of halogens is 1. The van der Waals surface area contributed by atoms with Crippen molar-refractivity contribution in [1.82, 2.24) is 10.2 Å². The molecule has 2 aromatic carbocycles. The van der Waals surface area contributed by atoms with Gasteiger partial charge in [0.2, 0.25) is 11.8 Å². The van der Waals surface area contributed by atoms with Gasteiger partial charge in [0.1, 0.15) is 0 Å². The number of thioether (sulfide) groups is 1. The number of benzene rings is 2. The van der Waals surface area contributed by atoms with Crippen LogP contribution in [0.25, 0.3) is 11.5 Å². The Labute approximate surface area is 154 Å². The lowest BCUT2D eigenvalue weighted by atomic mass is 10.1. The summed E-state index contributed by atoms with van der Waals surface area (Å²) in [4.78, 5) is 12.3. The molecule has 0 aliphatic heterocycles. The zero-order valence-electron chi connectivity index (χ0n) is 13.7. The number of nitrogens with zero attached hydrogens (tertiary/aromatic N) is 2. The van der Waals surface area contributed by atoms with Crippen LogP contribution in [0.1, 0.15) is 12.5 Å². The van der Waals surface area contributed by atoms with Crippen molar-refractivity contribution in [2.45, 2.75) is 24.3 Å². The highest BCUT2D eigenvalue weighted by Gasteiger charge is 2.19. The Bertz CT molecular complexity index is 880. The Morgan fingerprint density at radius 3 is 2.60 bits per heavy atom. The van der Waals surface area contributed by atoms with Gasteiger partial charge in [-0.1, -0.05) is 53.2 Å². The number of anilines is 1. The fraction of sp³-hybridized carbons (Fsp3) is 0.167. The fourth-order valence-electron chi connectivity index (χ4n) is 2.07. The van der Waals surface area contributed by atoms with E-state index in [4.69, 9.17) is 16.0 Å². The molecule has 0 spiro atoms. The first kappa shape index (κ1) is 17.5. The first-order valence-electron chi connectivity index (χ1n) is 7.65. The molecule has 0 saturated carbocycles. The largest absolute Gasteiger partial charge is 0.411 e. The highest BCUT2D eigenvalue weighted by atomic mass is 35.5. The van der Waals surface area contributed by atoms with Gasteiger partial charge in [0.05, 0.1) is 16.0 Å². The molecule has 7 heteroatoms. The van der Waals surface area contributed by atoms with E-state index in [-0.39, 0.29) is 5.91 Å². The van der Waals surface area contributed by atoms with Crippen LogP contribution >= 0.6 is 23.4 Å². The van der Waals surface area contributed by atoms with Crippen molar-refractivity contribution in [3.05, 3.63) is 59.1 Å². The second-order valence-corrected chi connectivity index (χ2v) is 7.17. The van der Waals surface area contributed by atoms with Crippen LogP contribution in [0.5, 0.6) is 0 Å². The molecule has 0 saturated heterocycles. The van der Waals surface area contributed by atoms with Gasteiger partial charge in [-0.15, -0.1) is 10.2 Å². The van der Waals surface area contributed by atoms with Crippen LogP contribution < -0.4 is 5.32 Å². The van der Waals surface area contributed by atoms with E-state index in [0.717, 1.165) is 11.1 Å². The van der Waals surface area contributed by atoms with Gasteiger partial charge < -0.3 is 9.73 Å². The fourth-order valence-corrected chi connectivity index (χ4v) is 2.94. The maximum Gasteiger partial charge on any atom is 0.277 e. The summed E-state index contributed by atoms with van der Waals surface area (Å²) in [5.41, 5.74) is 2.58. The van der Waals surface area contributed by atoms with Gasteiger partial charge in [-0.25, -0.2) is 0 Å². The summed E-state index contributed by atoms with van der Waals surface area (Å²) in [6.45, 7) is 3.78. The molecule has 0 fully saturated rings. The topological polar surface area (TPSA) is 68.0 Å². The zero-order chi connectivity index (χ0) is 17.8. The summed E-state index contributed by atoms with van der Waals surface area (Å²) in [6.07, 6.45) is 0. The molecule has 3 aromatic rings. The summed E-state index contributed by atoms with van der Waals surface area (Å²) in [7, 11) is 0. The smallest absolute Gasteiger partial charge is 0.277 e. The molecule has 25 heavy (non-hydrogen) atoms. The number of aryl methyl sites for hydroxylation is 1. The summed E-state index contributed by atoms with van der Waals surface area (Å²) >= 11 is 7.25. The van der Waals surface area contributed by atoms with E-state index in [1.165, 1.54) is 11.8 Å². The third kappa shape index (κ3) is 4.41. The molecule has 128 valence electrons. The number of hydrogen-bond donors (Lipinski definition) is 1. The molecular formula is C18H16ClN3O2S. The van der Waals surface area contributed by atoms with Crippen LogP contribution in [-0.4, -0.2) is 21.4 Å². The number of aromatic nitrogens is 2. The molecule has 0 bridgehead atoms. The monoisotopic (exact) mass is 373 g/mol. The van der Waals surface area contributed by atoms with E-state index in [0.29, 0.717) is 21.8 Å². The van der Waals surface area contributed by atoms with Gasteiger partial charge in [0.25, 0.3) is 5.22 Å². The highest BCUT2D eigenvalue weighted by molar-refractivity contribution is 8.00. The minimum absolute atomic E-state index is 0.187. The van der Waals surface area contributed by atoms with Gasteiger partial charge in [-0.05, 0) is 38.1 Å². The Hall–Kier alpha value is -2.31. The average molecular weight is 374 g/mol. The molecule has 1 amide bonds. The number of para-hydroxylation sites is 1. The molecule has 0 aliphatic rings. The number of amides is 1. The van der Waals surface area contributed by atoms with Gasteiger partial charge in [0.15, 0.2) is 0 Å². The summed E-state index contributed by atoms with van der Waals surface area (Å²) in [6, 6.07) is 14.9. The van der Waals surface area contributed by atoms with E-state index in [9.17, 15) is 4.79 Å². The number of hydrogen-bond acceptors (Lipinski definition) is 5. The SMILES string of the molecule is Cc1ccc(-c2nnc(S[C@@H](C)C(=O)Nc3ccccc3Cl)o2)cc1. The van der Waals surface area contributed by atoms with Crippen LogP contribution in [0.4, 0.5) is 5.69 Å². The Morgan fingerprint density at radius 2 is 1.88 bits per heavy atom. The van der Waals surface area contributed by atoms with E-state index in [1.54, 1.807) is 25.1 Å². The number of rotatable bonds is 5. The number of carbonyl (C=O) groups excluding carboxylic acids is 1. The van der Waals surface area contributed by atoms with E-state index in [1.807, 2.05) is 37.3 Å². The van der Waals surface area contributed by atoms with Crippen LogP contribution in [0, 0.1) is 6.92 Å². The zero-order valence-corrected chi connectivity index (χ0v) is 15.3. The van der Waals surface area contributed by atoms with Crippen molar-refractivity contribution >= 4 is 35.0 Å². The molecule has 3 rings (SSSR count). The van der Waals surface area contributed by atoms with Crippen molar-refractivity contribution in [3.8, 4) is 11.5 Å². The first-order chi connectivity index (χ1) is 12.0. The van der Waals surface area contributed by atoms with Gasteiger partial charge >= 0.3 is 0 Å². The number of nitrogens with one attached hydrogen (secondary N) is 1. The predicted molar refractivity (Wildman–Crippen MR) is 99.9 cm³/mol. The van der Waals surface area contributed by atoms with Crippen molar-refractivity contribution in [3.63, 3.8) is 0 Å². The van der Waals surface area contributed by atoms with Gasteiger partial charge in [-0.3, -0.25) is 4.79 Å². The lowest BCUT2D eigenvalue weighted by molar-refractivity contribution is -0.115. The normalized spacial score (nSPS) is 12.0. The van der Waals surface area contributed by atoms with Crippen molar-refractivity contribution in [2.75, 3.05) is 5.32 Å². The molecule has 0 radical (unpaired) electrons. The summed E-state index contributed by atoms with van der Waals surface area (Å²) in [5, 5.41) is 11.3. The third-order valence-electron chi connectivity index (χ3n) is 3.48. The van der Waals surface area contributed by atoms with E-state index in [2.05, 4.69) is 15.5 Å². The van der Waals surface area contributed by atoms with E-state index >= 15 is 0 Å². The van der Waals surface area contributed by atoms with Crippen LogP contribution in [0.2, 0.25) is 5.02 Å². The van der Waals surface area contributed by atoms with Crippen molar-refractivity contribution in [1.29, 1.82) is 0 Å². The van der Waals surface area contributed by atoms with Gasteiger partial charge in [-0.2, -0.15) is 0 Å². The predicted octanol–water partition coefficient (Wildman–Crippen LogP) is 4.82. The van der Waals surface area contributed by atoms with Crippen LogP contribution in [0.3, 0.4) is 0 Å². The molecule has 0 unspecified atom stereocenters. The Morgan fingerprint density at radius 1 is 1.16 bits per heavy atom. The molecule has 0 aliphatic carbocycles. The van der Waals surface area contributed by atoms with Crippen molar-refractivity contribution in [2.24, 2.45) is 0 Å². The first-order valence-corrected chi connectivity index (χ1v) is 8.91. The number of carbonyl (C=O) groups is 1. The van der Waals surface area contributed by atoms with Crippen LogP contribution in [-0.2, 0) is 4.79 Å². The molecule has 5 nitrogen and oxygen atoms in total. The maximum absolute atomic E-state index is 12.3. The Balaban J connectivity index is 1.65. The highest BCUT2D eigenvalue weighted by Crippen LogP contribution is 2.28. The third-order valence-corrected chi connectivity index (χ3v) is 4.75. The van der Waals surface area contributed by atoms with Gasteiger partial charge in [0, 0.05) is 5.56 Å². The summed E-state index contributed by atoms with van der Waals surface area (Å²) in [5.74, 6) is 0.245. The lowest BCUT2D eigenvalue weighted by Gasteiger charge is -2.10. The maximum atomic E-state index is 12.3. The lowest BCUT2D eigenvalue weighted by Crippen LogP contribution is -2.22. The summed E-state index contributed by atoms with van der Waals surface area (Å²) < 4.78 is 5.64. The molecule has 1 atom stereocenters. The Kier molecular flexibility index (Phi) is 5.40. The average Bonchev–Trinajstić information content (AvgIpc) is 3.06. The standard InChI is InChI=1S/C18H16ClN3O2S/c1-11-7-9-13(10-8-11)17-21-22-18(24-17)25-12(2)16(23)20-15-6-4-3-5-14(15)19/h3-10,12H,1-2H3,(H,20,23)/t12-/m0/s1. The molecule has 1 heterocycles. The molecule has 1 aromatic heterocycles. The minimum Gasteiger partial charge on any atom is -0.411 e.